The topological polar surface area (TPSA) is 38.5 Å². The minimum Gasteiger partial charge on any atom is -0.490 e. The number of rotatable bonds is 8. The molecule has 3 heteroatoms. The second kappa shape index (κ2) is 7.96. The molecule has 0 amide bonds. The van der Waals surface area contributed by atoms with Crippen LogP contribution in [-0.2, 0) is 0 Å². The van der Waals surface area contributed by atoms with Gasteiger partial charge in [0.25, 0.3) is 0 Å². The maximum atomic E-state index is 5.69. The molecular weight excluding hydrogens is 212 g/mol. The smallest absolute Gasteiger partial charge is 0.142 e. The van der Waals surface area contributed by atoms with Crippen LogP contribution in [-0.4, -0.2) is 26.2 Å². The fraction of sp³-hybridized carbons (Fsp3) is 0.571. The minimum atomic E-state index is 0.551. The number of nitrogens with two attached hydrogens (primary N) is 1. The SMILES string of the molecule is CCCN(CCC)c1ccccc1OCCN. The van der Waals surface area contributed by atoms with Crippen LogP contribution in [0.5, 0.6) is 5.75 Å². The van der Waals surface area contributed by atoms with Crippen LogP contribution in [0, 0.1) is 0 Å². The van der Waals surface area contributed by atoms with Gasteiger partial charge in [-0.05, 0) is 25.0 Å². The van der Waals surface area contributed by atoms with Crippen molar-refractivity contribution in [3.05, 3.63) is 24.3 Å². The van der Waals surface area contributed by atoms with Gasteiger partial charge in [0.15, 0.2) is 0 Å². The fourth-order valence-electron chi connectivity index (χ4n) is 1.90. The van der Waals surface area contributed by atoms with E-state index in [4.69, 9.17) is 10.5 Å². The summed E-state index contributed by atoms with van der Waals surface area (Å²) in [6.45, 7) is 7.66. The summed E-state index contributed by atoms with van der Waals surface area (Å²) in [7, 11) is 0. The number of anilines is 1. The van der Waals surface area contributed by atoms with E-state index in [0.29, 0.717) is 13.2 Å². The second-order valence-electron chi connectivity index (χ2n) is 4.09. The van der Waals surface area contributed by atoms with Crippen molar-refractivity contribution in [2.75, 3.05) is 31.1 Å². The van der Waals surface area contributed by atoms with Crippen molar-refractivity contribution >= 4 is 5.69 Å². The molecule has 2 N–H and O–H groups in total. The van der Waals surface area contributed by atoms with Gasteiger partial charge in [-0.25, -0.2) is 0 Å². The van der Waals surface area contributed by atoms with Crippen LogP contribution in [0.1, 0.15) is 26.7 Å². The Bertz CT molecular complexity index is 309. The zero-order valence-electron chi connectivity index (χ0n) is 11.0. The molecule has 96 valence electrons. The molecule has 0 aliphatic rings. The highest BCUT2D eigenvalue weighted by atomic mass is 16.5. The summed E-state index contributed by atoms with van der Waals surface area (Å²) in [6, 6.07) is 8.20. The molecular formula is C14H24N2O. The van der Waals surface area contributed by atoms with Crippen molar-refractivity contribution in [1.82, 2.24) is 0 Å². The third kappa shape index (κ3) is 4.27. The summed E-state index contributed by atoms with van der Waals surface area (Å²) < 4.78 is 5.69. The average molecular weight is 236 g/mol. The Labute approximate surface area is 105 Å². The molecule has 0 atom stereocenters. The Morgan fingerprint density at radius 2 is 1.76 bits per heavy atom. The lowest BCUT2D eigenvalue weighted by molar-refractivity contribution is 0.328. The molecule has 0 fully saturated rings. The number of benzene rings is 1. The average Bonchev–Trinajstić information content (AvgIpc) is 2.36. The number of ether oxygens (including phenoxy) is 1. The van der Waals surface area contributed by atoms with Crippen molar-refractivity contribution in [2.24, 2.45) is 5.73 Å². The normalized spacial score (nSPS) is 10.3. The van der Waals surface area contributed by atoms with Gasteiger partial charge in [-0.2, -0.15) is 0 Å². The fourth-order valence-corrected chi connectivity index (χ4v) is 1.90. The highest BCUT2D eigenvalue weighted by Crippen LogP contribution is 2.28. The summed E-state index contributed by atoms with van der Waals surface area (Å²) >= 11 is 0. The Morgan fingerprint density at radius 1 is 1.12 bits per heavy atom. The lowest BCUT2D eigenvalue weighted by Crippen LogP contribution is -2.25. The Kier molecular flexibility index (Phi) is 6.48. The molecule has 0 heterocycles. The first-order valence-corrected chi connectivity index (χ1v) is 6.50. The van der Waals surface area contributed by atoms with Gasteiger partial charge < -0.3 is 15.4 Å². The van der Waals surface area contributed by atoms with Crippen LogP contribution in [0.3, 0.4) is 0 Å². The largest absolute Gasteiger partial charge is 0.490 e. The lowest BCUT2D eigenvalue weighted by Gasteiger charge is -2.26. The zero-order chi connectivity index (χ0) is 12.5. The first kappa shape index (κ1) is 13.8. The van der Waals surface area contributed by atoms with Crippen molar-refractivity contribution < 1.29 is 4.74 Å². The number of para-hydroxylation sites is 2. The van der Waals surface area contributed by atoms with Crippen molar-refractivity contribution in [2.45, 2.75) is 26.7 Å². The molecule has 0 radical (unpaired) electrons. The van der Waals surface area contributed by atoms with Crippen LogP contribution in [0.25, 0.3) is 0 Å². The summed E-state index contributed by atoms with van der Waals surface area (Å²) in [5.41, 5.74) is 6.67. The quantitative estimate of drug-likeness (QED) is 0.754. The van der Waals surface area contributed by atoms with E-state index in [9.17, 15) is 0 Å². The molecule has 0 bridgehead atoms. The van der Waals surface area contributed by atoms with Crippen LogP contribution < -0.4 is 15.4 Å². The number of hydrogen-bond acceptors (Lipinski definition) is 3. The van der Waals surface area contributed by atoms with Crippen molar-refractivity contribution in [3.8, 4) is 5.75 Å². The van der Waals surface area contributed by atoms with Gasteiger partial charge >= 0.3 is 0 Å². The van der Waals surface area contributed by atoms with Gasteiger partial charge in [-0.1, -0.05) is 26.0 Å². The van der Waals surface area contributed by atoms with E-state index in [-0.39, 0.29) is 0 Å². The van der Waals surface area contributed by atoms with Gasteiger partial charge in [0.05, 0.1) is 5.69 Å². The van der Waals surface area contributed by atoms with Gasteiger partial charge in [0.1, 0.15) is 12.4 Å². The van der Waals surface area contributed by atoms with Crippen molar-refractivity contribution in [1.29, 1.82) is 0 Å². The van der Waals surface area contributed by atoms with Crippen LogP contribution in [0.4, 0.5) is 5.69 Å². The Hall–Kier alpha value is -1.22. The third-order valence-corrected chi connectivity index (χ3v) is 2.57. The second-order valence-corrected chi connectivity index (χ2v) is 4.09. The molecule has 0 spiro atoms. The lowest BCUT2D eigenvalue weighted by atomic mass is 10.2. The van der Waals surface area contributed by atoms with E-state index in [1.165, 1.54) is 5.69 Å². The van der Waals surface area contributed by atoms with E-state index in [0.717, 1.165) is 31.7 Å². The van der Waals surface area contributed by atoms with Gasteiger partial charge in [0, 0.05) is 19.6 Å². The predicted molar refractivity (Wildman–Crippen MR) is 73.8 cm³/mol. The molecule has 1 aromatic carbocycles. The van der Waals surface area contributed by atoms with E-state index >= 15 is 0 Å². The van der Waals surface area contributed by atoms with Gasteiger partial charge in [-0.3, -0.25) is 0 Å². The Morgan fingerprint density at radius 3 is 2.35 bits per heavy atom. The van der Waals surface area contributed by atoms with Crippen LogP contribution in [0.2, 0.25) is 0 Å². The minimum absolute atomic E-state index is 0.551. The molecule has 0 aromatic heterocycles. The first-order chi connectivity index (χ1) is 8.33. The molecule has 0 aliphatic heterocycles. The molecule has 1 aromatic rings. The summed E-state index contributed by atoms with van der Waals surface area (Å²) in [6.07, 6.45) is 2.29. The maximum absolute atomic E-state index is 5.69. The Balaban J connectivity index is 2.83. The van der Waals surface area contributed by atoms with Crippen LogP contribution in [0.15, 0.2) is 24.3 Å². The predicted octanol–water partition coefficient (Wildman–Crippen LogP) is 2.65. The summed E-state index contributed by atoms with van der Waals surface area (Å²) in [5, 5.41) is 0. The zero-order valence-corrected chi connectivity index (χ0v) is 11.0. The maximum Gasteiger partial charge on any atom is 0.142 e. The van der Waals surface area contributed by atoms with E-state index < -0.39 is 0 Å². The van der Waals surface area contributed by atoms with E-state index in [2.05, 4.69) is 30.9 Å². The molecule has 0 aliphatic carbocycles. The van der Waals surface area contributed by atoms with Crippen molar-refractivity contribution in [3.63, 3.8) is 0 Å². The number of nitrogens with zero attached hydrogens (tertiary/aromatic N) is 1. The van der Waals surface area contributed by atoms with Gasteiger partial charge in [-0.15, -0.1) is 0 Å². The third-order valence-electron chi connectivity index (χ3n) is 2.57. The molecule has 0 saturated heterocycles. The van der Waals surface area contributed by atoms with E-state index in [1.54, 1.807) is 0 Å². The highest BCUT2D eigenvalue weighted by Gasteiger charge is 2.09. The molecule has 17 heavy (non-hydrogen) atoms. The standard InChI is InChI=1S/C14H24N2O/c1-3-10-16(11-4-2)13-7-5-6-8-14(13)17-12-9-15/h5-8H,3-4,9-12,15H2,1-2H3. The molecule has 0 saturated carbocycles. The first-order valence-electron chi connectivity index (χ1n) is 6.50. The van der Waals surface area contributed by atoms with E-state index in [1.807, 2.05) is 12.1 Å². The molecule has 1 rings (SSSR count). The highest BCUT2D eigenvalue weighted by molar-refractivity contribution is 5.58. The molecule has 0 unspecified atom stereocenters. The summed E-state index contributed by atoms with van der Waals surface area (Å²) in [4.78, 5) is 2.38. The number of hydrogen-bond donors (Lipinski definition) is 1. The summed E-state index contributed by atoms with van der Waals surface area (Å²) in [5.74, 6) is 0.944. The monoisotopic (exact) mass is 236 g/mol. The molecule has 3 nitrogen and oxygen atoms in total. The van der Waals surface area contributed by atoms with Gasteiger partial charge in [0.2, 0.25) is 0 Å². The van der Waals surface area contributed by atoms with Crippen LogP contribution >= 0.6 is 0 Å².